The van der Waals surface area contributed by atoms with Gasteiger partial charge in [-0.2, -0.15) is 0 Å². The summed E-state index contributed by atoms with van der Waals surface area (Å²) in [7, 11) is 0. The van der Waals surface area contributed by atoms with Crippen molar-refractivity contribution in [3.63, 3.8) is 0 Å². The third-order valence-electron chi connectivity index (χ3n) is 4.21. The maximum absolute atomic E-state index is 4.81. The number of hydrogen-bond donors (Lipinski definition) is 2. The van der Waals surface area contributed by atoms with E-state index in [1.54, 1.807) is 0 Å². The molecule has 0 spiro atoms. The van der Waals surface area contributed by atoms with Crippen molar-refractivity contribution in [2.45, 2.75) is 72.3 Å². The normalized spacial score (nSPS) is 16.1. The van der Waals surface area contributed by atoms with E-state index in [0.717, 1.165) is 42.4 Å². The van der Waals surface area contributed by atoms with Crippen molar-refractivity contribution >= 4 is 11.6 Å². The van der Waals surface area contributed by atoms with Crippen LogP contribution in [0, 0.1) is 12.8 Å². The maximum atomic E-state index is 4.81. The Morgan fingerprint density at radius 1 is 1.14 bits per heavy atom. The molecule has 2 N–H and O–H groups in total. The van der Waals surface area contributed by atoms with Gasteiger partial charge in [0, 0.05) is 24.1 Å². The third-order valence-corrected chi connectivity index (χ3v) is 4.21. The first-order valence-electron chi connectivity index (χ1n) is 8.45. The Morgan fingerprint density at radius 2 is 1.81 bits per heavy atom. The molecule has 1 unspecified atom stereocenters. The minimum atomic E-state index is 0.463. The zero-order chi connectivity index (χ0) is 15.4. The monoisotopic (exact) mass is 290 g/mol. The fraction of sp³-hybridized carbons (Fsp3) is 0.765. The molecule has 1 atom stereocenters. The molecular weight excluding hydrogens is 260 g/mol. The Hall–Kier alpha value is -1.32. The van der Waals surface area contributed by atoms with Crippen molar-refractivity contribution in [1.82, 2.24) is 9.97 Å². The number of rotatable bonds is 8. The van der Waals surface area contributed by atoms with Gasteiger partial charge in [0.1, 0.15) is 17.5 Å². The van der Waals surface area contributed by atoms with Crippen molar-refractivity contribution in [2.24, 2.45) is 5.92 Å². The molecule has 1 fully saturated rings. The lowest BCUT2D eigenvalue weighted by Crippen LogP contribution is -2.26. The van der Waals surface area contributed by atoms with Crippen molar-refractivity contribution < 1.29 is 0 Å². The Balaban J connectivity index is 2.26. The minimum Gasteiger partial charge on any atom is -0.370 e. The zero-order valence-electron chi connectivity index (χ0n) is 14.2. The van der Waals surface area contributed by atoms with Gasteiger partial charge < -0.3 is 10.6 Å². The molecule has 2 rings (SSSR count). The predicted molar refractivity (Wildman–Crippen MR) is 90.1 cm³/mol. The standard InChI is InChI=1S/C17H30N4/c1-6-10-18-15-12(5)16(19-14(7-2)11(3)4)21-17(20-15)13-8-9-13/h11,13-14H,6-10H2,1-5H3,(H2,18,19,20,21). The highest BCUT2D eigenvalue weighted by Crippen LogP contribution is 2.39. The summed E-state index contributed by atoms with van der Waals surface area (Å²) in [6.45, 7) is 12.0. The first-order chi connectivity index (χ1) is 10.1. The van der Waals surface area contributed by atoms with E-state index in [9.17, 15) is 0 Å². The highest BCUT2D eigenvalue weighted by Gasteiger charge is 2.28. The molecule has 1 heterocycles. The summed E-state index contributed by atoms with van der Waals surface area (Å²) >= 11 is 0. The van der Waals surface area contributed by atoms with Crippen LogP contribution in [-0.4, -0.2) is 22.6 Å². The second-order valence-corrected chi connectivity index (χ2v) is 6.51. The number of hydrogen-bond acceptors (Lipinski definition) is 4. The van der Waals surface area contributed by atoms with Crippen LogP contribution in [0.4, 0.5) is 11.6 Å². The molecule has 118 valence electrons. The van der Waals surface area contributed by atoms with E-state index in [4.69, 9.17) is 9.97 Å². The lowest BCUT2D eigenvalue weighted by atomic mass is 10.0. The van der Waals surface area contributed by atoms with Gasteiger partial charge in [0.15, 0.2) is 0 Å². The predicted octanol–water partition coefficient (Wildman–Crippen LogP) is 4.33. The Morgan fingerprint density at radius 3 is 2.33 bits per heavy atom. The van der Waals surface area contributed by atoms with Crippen LogP contribution in [0.15, 0.2) is 0 Å². The lowest BCUT2D eigenvalue weighted by Gasteiger charge is -2.23. The van der Waals surface area contributed by atoms with E-state index in [0.29, 0.717) is 17.9 Å². The molecule has 0 amide bonds. The smallest absolute Gasteiger partial charge is 0.136 e. The first kappa shape index (κ1) is 16.1. The van der Waals surface area contributed by atoms with Crippen LogP contribution in [0.1, 0.15) is 70.7 Å². The van der Waals surface area contributed by atoms with E-state index in [2.05, 4.69) is 45.3 Å². The summed E-state index contributed by atoms with van der Waals surface area (Å²) in [6.07, 6.45) is 4.68. The highest BCUT2D eigenvalue weighted by molar-refractivity contribution is 5.58. The van der Waals surface area contributed by atoms with Crippen molar-refractivity contribution in [3.05, 3.63) is 11.4 Å². The molecule has 0 aromatic carbocycles. The summed E-state index contributed by atoms with van der Waals surface area (Å²) in [5.74, 6) is 4.22. The Labute approximate surface area is 129 Å². The van der Waals surface area contributed by atoms with Crippen molar-refractivity contribution in [3.8, 4) is 0 Å². The average molecular weight is 290 g/mol. The van der Waals surface area contributed by atoms with Gasteiger partial charge in [0.25, 0.3) is 0 Å². The largest absolute Gasteiger partial charge is 0.370 e. The highest BCUT2D eigenvalue weighted by atomic mass is 15.1. The SMILES string of the molecule is CCCNc1nc(C2CC2)nc(NC(CC)C(C)C)c1C. The molecule has 0 bridgehead atoms. The number of aromatic nitrogens is 2. The van der Waals surface area contributed by atoms with E-state index in [1.165, 1.54) is 12.8 Å². The van der Waals surface area contributed by atoms with Gasteiger partial charge in [-0.25, -0.2) is 9.97 Å². The molecule has 0 aliphatic heterocycles. The summed E-state index contributed by atoms with van der Waals surface area (Å²) in [5, 5.41) is 7.10. The number of nitrogens with one attached hydrogen (secondary N) is 2. The minimum absolute atomic E-state index is 0.463. The van der Waals surface area contributed by atoms with Gasteiger partial charge >= 0.3 is 0 Å². The second kappa shape index (κ2) is 7.10. The summed E-state index contributed by atoms with van der Waals surface area (Å²) in [5.41, 5.74) is 1.15. The molecular formula is C17H30N4. The molecule has 1 aromatic heterocycles. The van der Waals surface area contributed by atoms with Crippen LogP contribution >= 0.6 is 0 Å². The first-order valence-corrected chi connectivity index (χ1v) is 8.45. The lowest BCUT2D eigenvalue weighted by molar-refractivity contribution is 0.509. The van der Waals surface area contributed by atoms with Gasteiger partial charge in [-0.1, -0.05) is 27.7 Å². The quantitative estimate of drug-likeness (QED) is 0.748. The Bertz CT molecular complexity index is 466. The second-order valence-electron chi connectivity index (χ2n) is 6.51. The van der Waals surface area contributed by atoms with Crippen LogP contribution in [0.3, 0.4) is 0 Å². The van der Waals surface area contributed by atoms with Crippen molar-refractivity contribution in [2.75, 3.05) is 17.2 Å². The molecule has 21 heavy (non-hydrogen) atoms. The molecule has 1 aliphatic carbocycles. The van der Waals surface area contributed by atoms with E-state index < -0.39 is 0 Å². The fourth-order valence-electron chi connectivity index (χ4n) is 2.53. The van der Waals surface area contributed by atoms with Crippen LogP contribution in [0.5, 0.6) is 0 Å². The third kappa shape index (κ3) is 4.08. The number of nitrogens with zero attached hydrogens (tertiary/aromatic N) is 2. The summed E-state index contributed by atoms with van der Waals surface area (Å²) in [6, 6.07) is 0.463. The Kier molecular flexibility index (Phi) is 5.43. The summed E-state index contributed by atoms with van der Waals surface area (Å²) in [4.78, 5) is 9.56. The van der Waals surface area contributed by atoms with E-state index in [1.807, 2.05) is 0 Å². The molecule has 1 aliphatic rings. The van der Waals surface area contributed by atoms with Crippen LogP contribution in [0.2, 0.25) is 0 Å². The van der Waals surface area contributed by atoms with Gasteiger partial charge in [-0.15, -0.1) is 0 Å². The molecule has 0 radical (unpaired) electrons. The van der Waals surface area contributed by atoms with Gasteiger partial charge in [0.05, 0.1) is 0 Å². The van der Waals surface area contributed by atoms with Crippen LogP contribution in [-0.2, 0) is 0 Å². The van der Waals surface area contributed by atoms with E-state index >= 15 is 0 Å². The summed E-state index contributed by atoms with van der Waals surface area (Å²) < 4.78 is 0. The van der Waals surface area contributed by atoms with E-state index in [-0.39, 0.29) is 0 Å². The van der Waals surface area contributed by atoms with Gasteiger partial charge in [-0.05, 0) is 38.5 Å². The van der Waals surface area contributed by atoms with Gasteiger partial charge in [-0.3, -0.25) is 0 Å². The maximum Gasteiger partial charge on any atom is 0.136 e. The van der Waals surface area contributed by atoms with Gasteiger partial charge in [0.2, 0.25) is 0 Å². The molecule has 1 saturated carbocycles. The number of anilines is 2. The average Bonchev–Trinajstić information content (AvgIpc) is 3.29. The zero-order valence-corrected chi connectivity index (χ0v) is 14.2. The molecule has 4 heteroatoms. The molecule has 0 saturated heterocycles. The van der Waals surface area contributed by atoms with Crippen LogP contribution < -0.4 is 10.6 Å². The van der Waals surface area contributed by atoms with Crippen molar-refractivity contribution in [1.29, 1.82) is 0 Å². The molecule has 1 aromatic rings. The molecule has 4 nitrogen and oxygen atoms in total. The van der Waals surface area contributed by atoms with Crippen LogP contribution in [0.25, 0.3) is 0 Å². The fourth-order valence-corrected chi connectivity index (χ4v) is 2.53. The topological polar surface area (TPSA) is 49.8 Å².